The van der Waals surface area contributed by atoms with Gasteiger partial charge in [0, 0.05) is 11.3 Å². The van der Waals surface area contributed by atoms with Crippen molar-refractivity contribution in [1.82, 2.24) is 10.8 Å². The lowest BCUT2D eigenvalue weighted by atomic mass is 10.0. The van der Waals surface area contributed by atoms with Crippen LogP contribution >= 0.6 is 0 Å². The fourth-order valence-electron chi connectivity index (χ4n) is 3.24. The molecule has 0 heterocycles. The largest absolute Gasteiger partial charge is 0.391 e. The average molecular weight is 480 g/mol. The Morgan fingerprint density at radius 2 is 1.51 bits per heavy atom. The normalized spacial score (nSPS) is 12.2. The molecule has 0 aromatic heterocycles. The minimum absolute atomic E-state index is 0.0951. The highest BCUT2D eigenvalue weighted by molar-refractivity contribution is 5.98. The van der Waals surface area contributed by atoms with Crippen molar-refractivity contribution in [3.63, 3.8) is 0 Å². The van der Waals surface area contributed by atoms with Crippen LogP contribution in [-0.2, 0) is 9.59 Å². The van der Waals surface area contributed by atoms with Gasteiger partial charge in [-0.25, -0.2) is 9.87 Å². The summed E-state index contributed by atoms with van der Waals surface area (Å²) in [6.07, 6.45) is -1.21. The van der Waals surface area contributed by atoms with Gasteiger partial charge in [0.05, 0.1) is 18.3 Å². The van der Waals surface area contributed by atoms with Gasteiger partial charge in [0.15, 0.2) is 0 Å². The molecule has 0 fully saturated rings. The molecule has 182 valence electrons. The number of anilines is 2. The zero-order valence-corrected chi connectivity index (χ0v) is 18.8. The number of hydroxylamine groups is 1. The quantitative estimate of drug-likeness (QED) is 0.206. The van der Waals surface area contributed by atoms with E-state index in [4.69, 9.17) is 5.21 Å². The second-order valence-corrected chi connectivity index (χ2v) is 7.70. The van der Waals surface area contributed by atoms with Crippen LogP contribution in [0.15, 0.2) is 72.8 Å². The third kappa shape index (κ3) is 6.85. The van der Waals surface area contributed by atoms with Crippen molar-refractivity contribution >= 4 is 29.1 Å². The molecule has 0 spiro atoms. The van der Waals surface area contributed by atoms with Crippen LogP contribution in [0.3, 0.4) is 0 Å². The highest BCUT2D eigenvalue weighted by Crippen LogP contribution is 2.22. The molecule has 6 N–H and O–H groups in total. The third-order valence-corrected chi connectivity index (χ3v) is 5.12. The number of amides is 3. The van der Waals surface area contributed by atoms with E-state index in [1.54, 1.807) is 66.7 Å². The van der Waals surface area contributed by atoms with E-state index in [-0.39, 0.29) is 23.7 Å². The van der Waals surface area contributed by atoms with E-state index in [1.807, 2.05) is 0 Å². The number of nitrogens with one attached hydrogen (secondary N) is 4. The Morgan fingerprint density at radius 1 is 0.914 bits per heavy atom. The molecule has 0 unspecified atom stereocenters. The summed E-state index contributed by atoms with van der Waals surface area (Å²) < 4.78 is 13.6. The zero-order chi connectivity index (χ0) is 25.4. The predicted molar refractivity (Wildman–Crippen MR) is 128 cm³/mol. The Balaban J connectivity index is 1.58. The van der Waals surface area contributed by atoms with Crippen molar-refractivity contribution in [2.45, 2.75) is 19.1 Å². The number of hydrogen-bond acceptors (Lipinski definition) is 6. The van der Waals surface area contributed by atoms with Crippen LogP contribution in [0.25, 0.3) is 11.1 Å². The number of benzene rings is 3. The number of aliphatic hydroxyl groups is 1. The van der Waals surface area contributed by atoms with Crippen molar-refractivity contribution < 1.29 is 29.1 Å². The Kier molecular flexibility index (Phi) is 8.49. The summed E-state index contributed by atoms with van der Waals surface area (Å²) in [7, 11) is 0. The summed E-state index contributed by atoms with van der Waals surface area (Å²) in [6, 6.07) is 18.4. The minimum atomic E-state index is -1.31. The molecule has 0 saturated carbocycles. The number of carbonyl (C=O) groups is 3. The van der Waals surface area contributed by atoms with Gasteiger partial charge >= 0.3 is 0 Å². The third-order valence-electron chi connectivity index (χ3n) is 5.12. The monoisotopic (exact) mass is 480 g/mol. The molecule has 2 atom stereocenters. The summed E-state index contributed by atoms with van der Waals surface area (Å²) in [6.45, 7) is 1.22. The topological polar surface area (TPSA) is 140 Å². The zero-order valence-electron chi connectivity index (χ0n) is 18.8. The molecule has 3 amide bonds. The van der Waals surface area contributed by atoms with E-state index in [1.165, 1.54) is 18.5 Å². The average Bonchev–Trinajstić information content (AvgIpc) is 2.86. The van der Waals surface area contributed by atoms with Gasteiger partial charge in [-0.1, -0.05) is 36.4 Å². The van der Waals surface area contributed by atoms with Gasteiger partial charge in [-0.3, -0.25) is 19.6 Å². The van der Waals surface area contributed by atoms with Crippen molar-refractivity contribution in [2.24, 2.45) is 0 Å². The van der Waals surface area contributed by atoms with Crippen LogP contribution < -0.4 is 21.4 Å². The van der Waals surface area contributed by atoms with Gasteiger partial charge in [-0.15, -0.1) is 0 Å². The number of halogens is 1. The Labute approximate surface area is 200 Å². The van der Waals surface area contributed by atoms with Crippen LogP contribution in [0.5, 0.6) is 0 Å². The highest BCUT2D eigenvalue weighted by Gasteiger charge is 2.25. The molecule has 0 saturated heterocycles. The molecule has 3 aromatic carbocycles. The molecular weight excluding hydrogens is 455 g/mol. The van der Waals surface area contributed by atoms with E-state index in [2.05, 4.69) is 16.0 Å². The lowest BCUT2D eigenvalue weighted by Gasteiger charge is -2.19. The van der Waals surface area contributed by atoms with Crippen LogP contribution in [0.2, 0.25) is 0 Å². The minimum Gasteiger partial charge on any atom is -0.391 e. The standard InChI is InChI=1S/C25H25FN4O5/c1-15(31)23(25(34)30-35)29-24(33)18-8-6-16(7-9-18)17-10-12-19(13-11-17)28-22(32)14-27-21-5-3-2-4-20(21)26/h2-13,15,23,27,31,35H,14H2,1H3,(H,28,32)(H,29,33)(H,30,34)/t15-,23+/m1/s1. The Bertz CT molecular complexity index is 1180. The molecule has 3 rings (SSSR count). The van der Waals surface area contributed by atoms with Gasteiger partial charge in [0.2, 0.25) is 5.91 Å². The van der Waals surface area contributed by atoms with Crippen molar-refractivity contribution in [3.8, 4) is 11.1 Å². The van der Waals surface area contributed by atoms with Gasteiger partial charge in [0.1, 0.15) is 11.9 Å². The first kappa shape index (κ1) is 25.3. The summed E-state index contributed by atoms with van der Waals surface area (Å²) in [5, 5.41) is 26.2. The fraction of sp³-hybridized carbons (Fsp3) is 0.160. The first-order valence-corrected chi connectivity index (χ1v) is 10.7. The predicted octanol–water partition coefficient (Wildman–Crippen LogP) is 2.53. The Hall–Kier alpha value is -4.28. The van der Waals surface area contributed by atoms with Crippen molar-refractivity contribution in [1.29, 1.82) is 0 Å². The lowest BCUT2D eigenvalue weighted by molar-refractivity contribution is -0.133. The lowest BCUT2D eigenvalue weighted by Crippen LogP contribution is -2.51. The number of rotatable bonds is 9. The van der Waals surface area contributed by atoms with E-state index in [0.717, 1.165) is 11.1 Å². The van der Waals surface area contributed by atoms with E-state index in [0.29, 0.717) is 5.69 Å². The van der Waals surface area contributed by atoms with Crippen molar-refractivity contribution in [3.05, 3.63) is 84.2 Å². The number of hydrogen-bond donors (Lipinski definition) is 6. The molecule has 10 heteroatoms. The fourth-order valence-corrected chi connectivity index (χ4v) is 3.24. The van der Waals surface area contributed by atoms with Crippen LogP contribution in [0, 0.1) is 5.82 Å². The molecule has 3 aromatic rings. The number of carbonyl (C=O) groups excluding carboxylic acids is 3. The van der Waals surface area contributed by atoms with E-state index < -0.39 is 29.8 Å². The summed E-state index contributed by atoms with van der Waals surface area (Å²) in [4.78, 5) is 36.1. The smallest absolute Gasteiger partial charge is 0.268 e. The van der Waals surface area contributed by atoms with Gasteiger partial charge in [0.25, 0.3) is 11.8 Å². The molecule has 35 heavy (non-hydrogen) atoms. The summed E-state index contributed by atoms with van der Waals surface area (Å²) >= 11 is 0. The maximum absolute atomic E-state index is 13.6. The van der Waals surface area contributed by atoms with Crippen molar-refractivity contribution in [2.75, 3.05) is 17.2 Å². The molecule has 0 aliphatic rings. The van der Waals surface area contributed by atoms with E-state index >= 15 is 0 Å². The second kappa shape index (κ2) is 11.7. The number of aliphatic hydroxyl groups excluding tert-OH is 1. The first-order valence-electron chi connectivity index (χ1n) is 10.7. The maximum atomic E-state index is 13.6. The van der Waals surface area contributed by atoms with Gasteiger partial charge in [-0.2, -0.15) is 0 Å². The van der Waals surface area contributed by atoms with Crippen LogP contribution in [0.1, 0.15) is 17.3 Å². The van der Waals surface area contributed by atoms with Gasteiger partial charge < -0.3 is 21.1 Å². The van der Waals surface area contributed by atoms with Gasteiger partial charge in [-0.05, 0) is 54.4 Å². The molecule has 9 nitrogen and oxygen atoms in total. The SMILES string of the molecule is C[C@@H](O)[C@H](NC(=O)c1ccc(-c2ccc(NC(=O)CNc3ccccc3F)cc2)cc1)C(=O)NO. The molecular formula is C25H25FN4O5. The molecule has 0 aliphatic carbocycles. The molecule has 0 bridgehead atoms. The molecule has 0 aliphatic heterocycles. The highest BCUT2D eigenvalue weighted by atomic mass is 19.1. The summed E-state index contributed by atoms with van der Waals surface area (Å²) in [5.74, 6) is -2.29. The first-order chi connectivity index (χ1) is 16.8. The number of para-hydroxylation sites is 1. The van der Waals surface area contributed by atoms with Crippen LogP contribution in [0.4, 0.5) is 15.8 Å². The van der Waals surface area contributed by atoms with Crippen LogP contribution in [-0.4, -0.2) is 46.7 Å². The van der Waals surface area contributed by atoms with E-state index in [9.17, 15) is 23.9 Å². The second-order valence-electron chi connectivity index (χ2n) is 7.70. The summed E-state index contributed by atoms with van der Waals surface area (Å²) in [5.41, 5.74) is 4.12. The Morgan fingerprint density at radius 3 is 2.09 bits per heavy atom. The maximum Gasteiger partial charge on any atom is 0.268 e. The molecule has 0 radical (unpaired) electrons.